The van der Waals surface area contributed by atoms with Gasteiger partial charge in [0.05, 0.1) is 11.9 Å². The normalized spacial score (nSPS) is 24.3. The lowest BCUT2D eigenvalue weighted by atomic mass is 10.0. The number of nitrogens with zero attached hydrogens (tertiary/aromatic N) is 6. The van der Waals surface area contributed by atoms with Crippen LogP contribution in [0.15, 0.2) is 24.4 Å². The van der Waals surface area contributed by atoms with Crippen LogP contribution in [0.1, 0.15) is 39.3 Å². The summed E-state index contributed by atoms with van der Waals surface area (Å²) < 4.78 is 1.47. The topological polar surface area (TPSA) is 150 Å². The maximum Gasteiger partial charge on any atom is 0.276 e. The van der Waals surface area contributed by atoms with Crippen LogP contribution in [-0.4, -0.2) is 104 Å². The Morgan fingerprint density at radius 2 is 1.89 bits per heavy atom. The summed E-state index contributed by atoms with van der Waals surface area (Å²) in [5.74, 6) is -1.41. The first-order valence-electron chi connectivity index (χ1n) is 11.9. The monoisotopic (exact) mass is 492 g/mol. The summed E-state index contributed by atoms with van der Waals surface area (Å²) in [5, 5.41) is 13.3. The minimum atomic E-state index is -0.687. The molecule has 13 heteroatoms. The summed E-state index contributed by atoms with van der Waals surface area (Å²) in [5.41, 5.74) is 2.00. The van der Waals surface area contributed by atoms with Gasteiger partial charge >= 0.3 is 0 Å². The number of fused-ring (bicyclic) bond motifs is 2. The molecule has 0 bridgehead atoms. The maximum absolute atomic E-state index is 13.1. The van der Waals surface area contributed by atoms with E-state index in [1.165, 1.54) is 15.8 Å². The molecule has 186 valence electrons. The van der Waals surface area contributed by atoms with Crippen molar-refractivity contribution >= 4 is 29.5 Å². The summed E-state index contributed by atoms with van der Waals surface area (Å²) in [7, 11) is 0. The molecule has 13 nitrogen and oxygen atoms in total. The van der Waals surface area contributed by atoms with Gasteiger partial charge in [-0.15, -0.1) is 5.10 Å². The second kappa shape index (κ2) is 8.52. The van der Waals surface area contributed by atoms with Gasteiger partial charge in [0.1, 0.15) is 12.1 Å². The van der Waals surface area contributed by atoms with Crippen molar-refractivity contribution in [2.45, 2.75) is 31.5 Å². The van der Waals surface area contributed by atoms with Crippen molar-refractivity contribution in [1.29, 1.82) is 0 Å². The first kappa shape index (κ1) is 22.3. The van der Waals surface area contributed by atoms with Crippen LogP contribution < -0.4 is 10.6 Å². The summed E-state index contributed by atoms with van der Waals surface area (Å²) in [4.78, 5) is 67.1. The quantitative estimate of drug-likeness (QED) is 0.481. The van der Waals surface area contributed by atoms with E-state index in [9.17, 15) is 24.0 Å². The van der Waals surface area contributed by atoms with Gasteiger partial charge in [-0.05, 0) is 30.2 Å². The van der Waals surface area contributed by atoms with E-state index in [4.69, 9.17) is 0 Å². The molecule has 3 saturated heterocycles. The van der Waals surface area contributed by atoms with Crippen molar-refractivity contribution in [1.82, 2.24) is 40.3 Å². The predicted molar refractivity (Wildman–Crippen MR) is 122 cm³/mol. The number of nitrogens with one attached hydrogen (secondary N) is 2. The van der Waals surface area contributed by atoms with Gasteiger partial charge in [0.25, 0.3) is 11.8 Å². The number of hydrogen-bond donors (Lipinski definition) is 2. The third kappa shape index (κ3) is 3.71. The molecule has 6 rings (SSSR count). The first-order valence-corrected chi connectivity index (χ1v) is 11.9. The van der Waals surface area contributed by atoms with Crippen molar-refractivity contribution in [3.05, 3.63) is 41.2 Å². The Balaban J connectivity index is 1.17. The number of imide groups is 1. The molecule has 36 heavy (non-hydrogen) atoms. The zero-order chi connectivity index (χ0) is 25.0. The Morgan fingerprint density at radius 3 is 2.72 bits per heavy atom. The highest BCUT2D eigenvalue weighted by Crippen LogP contribution is 2.29. The van der Waals surface area contributed by atoms with Gasteiger partial charge < -0.3 is 15.1 Å². The zero-order valence-corrected chi connectivity index (χ0v) is 19.3. The molecular weight excluding hydrogens is 468 g/mol. The van der Waals surface area contributed by atoms with E-state index in [2.05, 4.69) is 25.8 Å². The molecule has 0 saturated carbocycles. The highest BCUT2D eigenvalue weighted by atomic mass is 16.2. The lowest BCUT2D eigenvalue weighted by molar-refractivity contribution is -0.137. The van der Waals surface area contributed by atoms with Crippen molar-refractivity contribution in [2.75, 3.05) is 32.7 Å². The number of benzene rings is 1. The Bertz CT molecular complexity index is 1310. The van der Waals surface area contributed by atoms with Gasteiger partial charge in [-0.25, -0.2) is 4.68 Å². The fraction of sp³-hybridized carbons (Fsp3) is 0.435. The molecule has 2 aromatic rings. The fourth-order valence-electron chi connectivity index (χ4n) is 5.32. The molecule has 2 N–H and O–H groups in total. The minimum absolute atomic E-state index is 0.0681. The average molecular weight is 492 g/mol. The average Bonchev–Trinajstić information content (AvgIpc) is 3.49. The number of rotatable bonds is 3. The van der Waals surface area contributed by atoms with E-state index in [-0.39, 0.29) is 48.3 Å². The Kier molecular flexibility index (Phi) is 5.29. The largest absolute Gasteiger partial charge is 0.353 e. The molecule has 5 heterocycles. The smallest absolute Gasteiger partial charge is 0.276 e. The molecule has 0 aliphatic carbocycles. The van der Waals surface area contributed by atoms with Gasteiger partial charge in [0.2, 0.25) is 17.7 Å². The number of piperidine rings is 1. The van der Waals surface area contributed by atoms with E-state index in [1.807, 2.05) is 0 Å². The van der Waals surface area contributed by atoms with Crippen LogP contribution in [0.5, 0.6) is 0 Å². The molecule has 4 aliphatic heterocycles. The summed E-state index contributed by atoms with van der Waals surface area (Å²) in [6.45, 7) is 3.07. The van der Waals surface area contributed by atoms with Gasteiger partial charge in [0.15, 0.2) is 5.69 Å². The predicted octanol–water partition coefficient (Wildman–Crippen LogP) is -1.72. The Labute approximate surface area is 205 Å². The Morgan fingerprint density at radius 1 is 1.03 bits per heavy atom. The number of piperazine rings is 2. The standard InChI is InChI=1S/C23H24N8O5/c32-19-4-3-17(21(34)25-19)30-10-13-9-14(1-2-15(13)22(30)35)31-11-16(26-27-31)23(36)29-8-7-28-6-5-24-20(33)18(28)12-29/h1-2,9,11,17-18H,3-8,10,12H2,(H,24,33)(H,25,32,34). The number of carbonyl (C=O) groups excluding carboxylic acids is 5. The van der Waals surface area contributed by atoms with Crippen molar-refractivity contribution in [2.24, 2.45) is 0 Å². The lowest BCUT2D eigenvalue weighted by Gasteiger charge is -2.42. The lowest BCUT2D eigenvalue weighted by Crippen LogP contribution is -2.64. The number of amides is 5. The van der Waals surface area contributed by atoms with Crippen molar-refractivity contribution in [3.8, 4) is 5.69 Å². The van der Waals surface area contributed by atoms with Gasteiger partial charge in [-0.3, -0.25) is 34.2 Å². The molecule has 2 unspecified atom stereocenters. The maximum atomic E-state index is 13.1. The third-order valence-electron chi connectivity index (χ3n) is 7.26. The fourth-order valence-corrected chi connectivity index (χ4v) is 5.32. The summed E-state index contributed by atoms with van der Waals surface area (Å²) in [6, 6.07) is 4.12. The van der Waals surface area contributed by atoms with E-state index < -0.39 is 11.9 Å². The molecular formula is C23H24N8O5. The van der Waals surface area contributed by atoms with Crippen LogP contribution in [0.25, 0.3) is 5.69 Å². The van der Waals surface area contributed by atoms with Gasteiger partial charge in [-0.2, -0.15) is 0 Å². The third-order valence-corrected chi connectivity index (χ3v) is 7.26. The van der Waals surface area contributed by atoms with Gasteiger partial charge in [-0.1, -0.05) is 5.21 Å². The Hall–Kier alpha value is -4.13. The van der Waals surface area contributed by atoms with Crippen LogP contribution in [0.4, 0.5) is 0 Å². The molecule has 0 radical (unpaired) electrons. The summed E-state index contributed by atoms with van der Waals surface area (Å²) >= 11 is 0. The molecule has 4 aliphatic rings. The van der Waals surface area contributed by atoms with Crippen LogP contribution in [0.2, 0.25) is 0 Å². The second-order valence-electron chi connectivity index (χ2n) is 9.38. The van der Waals surface area contributed by atoms with E-state index in [0.29, 0.717) is 43.9 Å². The van der Waals surface area contributed by atoms with E-state index >= 15 is 0 Å². The second-order valence-corrected chi connectivity index (χ2v) is 9.38. The highest BCUT2D eigenvalue weighted by Gasteiger charge is 2.40. The van der Waals surface area contributed by atoms with Gasteiger partial charge in [0, 0.05) is 51.3 Å². The molecule has 2 atom stereocenters. The van der Waals surface area contributed by atoms with Crippen molar-refractivity contribution < 1.29 is 24.0 Å². The van der Waals surface area contributed by atoms with Crippen LogP contribution in [-0.2, 0) is 20.9 Å². The van der Waals surface area contributed by atoms with E-state index in [0.717, 1.165) is 12.1 Å². The van der Waals surface area contributed by atoms with Crippen LogP contribution in [0.3, 0.4) is 0 Å². The zero-order valence-electron chi connectivity index (χ0n) is 19.3. The summed E-state index contributed by atoms with van der Waals surface area (Å²) in [6.07, 6.45) is 2.02. The molecule has 0 spiro atoms. The molecule has 5 amide bonds. The molecule has 1 aromatic heterocycles. The van der Waals surface area contributed by atoms with E-state index in [1.54, 1.807) is 23.1 Å². The SMILES string of the molecule is O=C1CCC(N2Cc3cc(-n4cc(C(=O)N5CCN6CCNC(=O)C6C5)nn4)ccc3C2=O)C(=O)N1. The number of hydrogen-bond acceptors (Lipinski definition) is 8. The van der Waals surface area contributed by atoms with Crippen molar-refractivity contribution in [3.63, 3.8) is 0 Å². The van der Waals surface area contributed by atoms with Crippen LogP contribution in [0, 0.1) is 0 Å². The van der Waals surface area contributed by atoms with Crippen LogP contribution >= 0.6 is 0 Å². The number of aromatic nitrogens is 3. The minimum Gasteiger partial charge on any atom is -0.353 e. The molecule has 1 aromatic carbocycles. The molecule has 3 fully saturated rings. The first-order chi connectivity index (χ1) is 17.4. The number of carbonyl (C=O) groups is 5. The highest BCUT2D eigenvalue weighted by molar-refractivity contribution is 6.05.